The van der Waals surface area contributed by atoms with E-state index < -0.39 is 0 Å². The summed E-state index contributed by atoms with van der Waals surface area (Å²) in [5.74, 6) is -0.164. The first kappa shape index (κ1) is 13.5. The summed E-state index contributed by atoms with van der Waals surface area (Å²) in [5.41, 5.74) is 1.29. The van der Waals surface area contributed by atoms with Gasteiger partial charge in [-0.2, -0.15) is 5.26 Å². The Bertz CT molecular complexity index is 496. The molecule has 1 fully saturated rings. The van der Waals surface area contributed by atoms with Crippen molar-refractivity contribution >= 4 is 5.97 Å². The Labute approximate surface area is 112 Å². The first-order valence-electron chi connectivity index (χ1n) is 6.51. The van der Waals surface area contributed by atoms with Gasteiger partial charge in [-0.25, -0.2) is 4.98 Å². The Morgan fingerprint density at radius 3 is 3.26 bits per heavy atom. The van der Waals surface area contributed by atoms with Crippen LogP contribution in [-0.4, -0.2) is 35.0 Å². The van der Waals surface area contributed by atoms with Crippen LogP contribution < -0.4 is 0 Å². The molecule has 1 aliphatic heterocycles. The second-order valence-electron chi connectivity index (χ2n) is 4.50. The highest BCUT2D eigenvalue weighted by molar-refractivity contribution is 5.76. The summed E-state index contributed by atoms with van der Waals surface area (Å²) < 4.78 is 5.09. The largest absolute Gasteiger partial charge is 0.465 e. The van der Waals surface area contributed by atoms with Gasteiger partial charge >= 0.3 is 5.97 Å². The molecule has 1 aromatic heterocycles. The number of nitriles is 1. The molecule has 0 aliphatic carbocycles. The molecule has 0 bridgehead atoms. The van der Waals surface area contributed by atoms with E-state index in [9.17, 15) is 4.79 Å². The Kier molecular flexibility index (Phi) is 4.48. The molecule has 1 unspecified atom stereocenters. The van der Waals surface area contributed by atoms with E-state index in [1.54, 1.807) is 6.20 Å². The third kappa shape index (κ3) is 3.09. The zero-order chi connectivity index (χ0) is 13.7. The molecule has 19 heavy (non-hydrogen) atoms. The predicted molar refractivity (Wildman–Crippen MR) is 69.0 cm³/mol. The van der Waals surface area contributed by atoms with E-state index in [1.165, 1.54) is 0 Å². The molecule has 5 nitrogen and oxygen atoms in total. The van der Waals surface area contributed by atoms with Crippen LogP contribution in [0.1, 0.15) is 31.0 Å². The zero-order valence-electron chi connectivity index (χ0n) is 11.0. The Morgan fingerprint density at radius 2 is 2.53 bits per heavy atom. The predicted octanol–water partition coefficient (Wildman–Crippen LogP) is 1.48. The minimum absolute atomic E-state index is 0.164. The number of rotatable bonds is 4. The number of pyridine rings is 1. The van der Waals surface area contributed by atoms with Crippen LogP contribution in [-0.2, 0) is 16.1 Å². The minimum Gasteiger partial charge on any atom is -0.465 e. The number of ether oxygens (including phenoxy) is 1. The molecular formula is C14H17N3O2. The molecule has 0 amide bonds. The lowest BCUT2D eigenvalue weighted by Crippen LogP contribution is -2.37. The van der Waals surface area contributed by atoms with Crippen molar-refractivity contribution in [1.82, 2.24) is 9.88 Å². The monoisotopic (exact) mass is 259 g/mol. The number of aromatic nitrogens is 1. The zero-order valence-corrected chi connectivity index (χ0v) is 11.0. The molecule has 1 saturated heterocycles. The highest BCUT2D eigenvalue weighted by atomic mass is 16.5. The number of hydrogen-bond donors (Lipinski definition) is 0. The molecule has 0 N–H and O–H groups in total. The van der Waals surface area contributed by atoms with E-state index in [-0.39, 0.29) is 12.0 Å². The van der Waals surface area contributed by atoms with Crippen molar-refractivity contribution in [2.24, 2.45) is 0 Å². The van der Waals surface area contributed by atoms with E-state index in [2.05, 4.69) is 16.0 Å². The van der Waals surface area contributed by atoms with Gasteiger partial charge in [-0.05, 0) is 32.4 Å². The quantitative estimate of drug-likeness (QED) is 0.766. The van der Waals surface area contributed by atoms with Gasteiger partial charge in [0.25, 0.3) is 0 Å². The van der Waals surface area contributed by atoms with Crippen molar-refractivity contribution < 1.29 is 9.53 Å². The molecule has 0 radical (unpaired) electrons. The lowest BCUT2D eigenvalue weighted by atomic mass is 10.1. The Morgan fingerprint density at radius 1 is 1.68 bits per heavy atom. The summed E-state index contributed by atoms with van der Waals surface area (Å²) in [7, 11) is 0. The topological polar surface area (TPSA) is 66.2 Å². The van der Waals surface area contributed by atoms with Crippen LogP contribution in [0.2, 0.25) is 0 Å². The number of esters is 1. The van der Waals surface area contributed by atoms with Crippen LogP contribution in [0.3, 0.4) is 0 Å². The average molecular weight is 259 g/mol. The fraction of sp³-hybridized carbons (Fsp3) is 0.500. The van der Waals surface area contributed by atoms with Crippen molar-refractivity contribution in [2.75, 3.05) is 13.2 Å². The maximum Gasteiger partial charge on any atom is 0.323 e. The minimum atomic E-state index is -0.188. The van der Waals surface area contributed by atoms with Crippen molar-refractivity contribution in [3.63, 3.8) is 0 Å². The van der Waals surface area contributed by atoms with Crippen LogP contribution in [0.25, 0.3) is 0 Å². The summed E-state index contributed by atoms with van der Waals surface area (Å²) in [6, 6.07) is 5.59. The smallest absolute Gasteiger partial charge is 0.323 e. The third-order valence-corrected chi connectivity index (χ3v) is 3.29. The van der Waals surface area contributed by atoms with Crippen LogP contribution in [0.15, 0.2) is 18.3 Å². The van der Waals surface area contributed by atoms with E-state index in [0.29, 0.717) is 18.8 Å². The number of carbonyl (C=O) groups excluding carboxylic acids is 1. The SMILES string of the molecule is CCOC(=O)C1CCCN1Cc1cccnc1C#N. The number of nitrogens with zero attached hydrogens (tertiary/aromatic N) is 3. The normalized spacial score (nSPS) is 19.1. The van der Waals surface area contributed by atoms with Gasteiger partial charge in [0, 0.05) is 18.3 Å². The van der Waals surface area contributed by atoms with Gasteiger partial charge in [0.1, 0.15) is 17.8 Å². The average Bonchev–Trinajstić information content (AvgIpc) is 2.88. The van der Waals surface area contributed by atoms with Crippen LogP contribution in [0, 0.1) is 11.3 Å². The standard InChI is InChI=1S/C14H17N3O2/c1-2-19-14(18)13-6-4-8-17(13)10-11-5-3-7-16-12(11)9-15/h3,5,7,13H,2,4,6,8,10H2,1H3. The fourth-order valence-corrected chi connectivity index (χ4v) is 2.41. The van der Waals surface area contributed by atoms with Gasteiger partial charge in [0.2, 0.25) is 0 Å². The van der Waals surface area contributed by atoms with Gasteiger partial charge in [0.05, 0.1) is 6.61 Å². The molecule has 0 saturated carbocycles. The highest BCUT2D eigenvalue weighted by Crippen LogP contribution is 2.21. The molecule has 0 spiro atoms. The summed E-state index contributed by atoms with van der Waals surface area (Å²) in [6.07, 6.45) is 3.40. The van der Waals surface area contributed by atoms with Crippen LogP contribution in [0.5, 0.6) is 0 Å². The highest BCUT2D eigenvalue weighted by Gasteiger charge is 2.32. The second kappa shape index (κ2) is 6.30. The second-order valence-corrected chi connectivity index (χ2v) is 4.50. The van der Waals surface area contributed by atoms with E-state index >= 15 is 0 Å². The van der Waals surface area contributed by atoms with E-state index in [4.69, 9.17) is 10.00 Å². The van der Waals surface area contributed by atoms with Crippen molar-refractivity contribution in [1.29, 1.82) is 5.26 Å². The summed E-state index contributed by atoms with van der Waals surface area (Å²) in [5, 5.41) is 9.03. The Hall–Kier alpha value is -1.93. The van der Waals surface area contributed by atoms with Gasteiger partial charge in [0.15, 0.2) is 0 Å². The fourth-order valence-electron chi connectivity index (χ4n) is 2.41. The van der Waals surface area contributed by atoms with E-state index in [0.717, 1.165) is 24.9 Å². The van der Waals surface area contributed by atoms with Crippen molar-refractivity contribution in [2.45, 2.75) is 32.4 Å². The van der Waals surface area contributed by atoms with Crippen LogP contribution in [0.4, 0.5) is 0 Å². The van der Waals surface area contributed by atoms with Crippen LogP contribution >= 0.6 is 0 Å². The molecule has 0 aromatic carbocycles. The van der Waals surface area contributed by atoms with E-state index in [1.807, 2.05) is 19.1 Å². The maximum atomic E-state index is 11.9. The van der Waals surface area contributed by atoms with Gasteiger partial charge in [-0.3, -0.25) is 9.69 Å². The first-order valence-corrected chi connectivity index (χ1v) is 6.51. The first-order chi connectivity index (χ1) is 9.26. The Balaban J connectivity index is 2.09. The molecule has 2 rings (SSSR count). The number of carbonyl (C=O) groups is 1. The summed E-state index contributed by atoms with van der Waals surface area (Å²) in [4.78, 5) is 18.0. The van der Waals surface area contributed by atoms with Gasteiger partial charge in [-0.15, -0.1) is 0 Å². The summed E-state index contributed by atoms with van der Waals surface area (Å²) >= 11 is 0. The van der Waals surface area contributed by atoms with Gasteiger partial charge < -0.3 is 4.74 Å². The number of hydrogen-bond acceptors (Lipinski definition) is 5. The molecule has 5 heteroatoms. The lowest BCUT2D eigenvalue weighted by molar-refractivity contribution is -0.148. The molecule has 1 aliphatic rings. The number of likely N-dealkylation sites (tertiary alicyclic amines) is 1. The third-order valence-electron chi connectivity index (χ3n) is 3.29. The molecule has 100 valence electrons. The molecule has 1 atom stereocenters. The molecule has 2 heterocycles. The molecular weight excluding hydrogens is 242 g/mol. The van der Waals surface area contributed by atoms with Crippen molar-refractivity contribution in [3.05, 3.63) is 29.6 Å². The van der Waals surface area contributed by atoms with Crippen molar-refractivity contribution in [3.8, 4) is 6.07 Å². The lowest BCUT2D eigenvalue weighted by Gasteiger charge is -2.22. The maximum absolute atomic E-state index is 11.9. The van der Waals surface area contributed by atoms with Gasteiger partial charge in [-0.1, -0.05) is 6.07 Å². The molecule has 1 aromatic rings. The summed E-state index contributed by atoms with van der Waals surface area (Å²) in [6.45, 7) is 3.63.